The number of nitrogens with one attached hydrogen (secondary N) is 1. The van der Waals surface area contributed by atoms with Gasteiger partial charge in [0.2, 0.25) is 5.78 Å². The average Bonchev–Trinajstić information content (AvgIpc) is 2.66. The molecule has 6 nitrogen and oxygen atoms in total. The molecule has 0 spiro atoms. The Morgan fingerprint density at radius 3 is 2.58 bits per heavy atom. The van der Waals surface area contributed by atoms with Crippen LogP contribution in [0, 0.1) is 11.6 Å². The van der Waals surface area contributed by atoms with Crippen molar-refractivity contribution >= 4 is 17.7 Å². The topological polar surface area (TPSA) is 81.7 Å². The Kier molecular flexibility index (Phi) is 6.37. The van der Waals surface area contributed by atoms with Gasteiger partial charge in [0.15, 0.2) is 6.61 Å². The van der Waals surface area contributed by atoms with Crippen molar-refractivity contribution in [1.82, 2.24) is 5.32 Å². The number of hydrogen-bond acceptors (Lipinski definition) is 5. The first-order valence-corrected chi connectivity index (χ1v) is 7.47. The van der Waals surface area contributed by atoms with E-state index in [-0.39, 0.29) is 5.56 Å². The van der Waals surface area contributed by atoms with Crippen LogP contribution in [0.25, 0.3) is 0 Å². The van der Waals surface area contributed by atoms with E-state index >= 15 is 0 Å². The lowest BCUT2D eigenvalue weighted by Crippen LogP contribution is -2.31. The Balaban J connectivity index is 1.84. The summed E-state index contributed by atoms with van der Waals surface area (Å²) in [7, 11) is 1.45. The van der Waals surface area contributed by atoms with Gasteiger partial charge in [-0.05, 0) is 36.4 Å². The summed E-state index contributed by atoms with van der Waals surface area (Å²) in [5.41, 5.74) is -0.242. The van der Waals surface area contributed by atoms with Gasteiger partial charge in [-0.3, -0.25) is 14.4 Å². The molecule has 1 N–H and O–H groups in total. The highest BCUT2D eigenvalue weighted by Crippen LogP contribution is 2.12. The van der Waals surface area contributed by atoms with Crippen LogP contribution in [0.2, 0.25) is 0 Å². The zero-order chi connectivity index (χ0) is 19.1. The minimum Gasteiger partial charge on any atom is -0.497 e. The van der Waals surface area contributed by atoms with Gasteiger partial charge in [-0.1, -0.05) is 6.07 Å². The number of halogens is 2. The minimum atomic E-state index is -0.918. The summed E-state index contributed by atoms with van der Waals surface area (Å²) < 4.78 is 36.2. The SMILES string of the molecule is COc1cccc(C(=O)NCC(=O)OCC(=O)c2cc(F)ccc2F)c1. The summed E-state index contributed by atoms with van der Waals surface area (Å²) in [5, 5.41) is 2.32. The first-order chi connectivity index (χ1) is 12.4. The number of ketones is 1. The second kappa shape index (κ2) is 8.70. The van der Waals surface area contributed by atoms with Crippen molar-refractivity contribution in [2.45, 2.75) is 0 Å². The van der Waals surface area contributed by atoms with Crippen LogP contribution in [0.1, 0.15) is 20.7 Å². The predicted octanol–water partition coefficient (Wildman–Crippen LogP) is 2.13. The number of esters is 1. The molecular formula is C18H15F2NO5. The van der Waals surface area contributed by atoms with Gasteiger partial charge in [0.05, 0.1) is 12.7 Å². The van der Waals surface area contributed by atoms with Crippen LogP contribution in [0.15, 0.2) is 42.5 Å². The van der Waals surface area contributed by atoms with Gasteiger partial charge in [-0.25, -0.2) is 8.78 Å². The Labute approximate surface area is 147 Å². The van der Waals surface area contributed by atoms with E-state index in [2.05, 4.69) is 10.1 Å². The molecule has 8 heteroatoms. The quantitative estimate of drug-likeness (QED) is 0.602. The van der Waals surface area contributed by atoms with E-state index in [9.17, 15) is 23.2 Å². The first-order valence-electron chi connectivity index (χ1n) is 7.47. The number of rotatable bonds is 7. The summed E-state index contributed by atoms with van der Waals surface area (Å²) in [6.45, 7) is -1.26. The number of benzene rings is 2. The second-order valence-corrected chi connectivity index (χ2v) is 5.12. The van der Waals surface area contributed by atoms with Gasteiger partial charge in [0.1, 0.15) is 23.9 Å². The van der Waals surface area contributed by atoms with Gasteiger partial charge in [0.25, 0.3) is 5.91 Å². The molecule has 0 atom stereocenters. The number of Topliss-reactive ketones (excluding diaryl/α,β-unsaturated/α-hetero) is 1. The van der Waals surface area contributed by atoms with E-state index in [1.165, 1.54) is 19.2 Å². The summed E-state index contributed by atoms with van der Waals surface area (Å²) in [6, 6.07) is 8.66. The molecule has 0 fully saturated rings. The number of ether oxygens (including phenoxy) is 2. The van der Waals surface area contributed by atoms with E-state index in [1.54, 1.807) is 12.1 Å². The largest absolute Gasteiger partial charge is 0.497 e. The Bertz CT molecular complexity index is 838. The normalized spacial score (nSPS) is 10.1. The number of amides is 1. The molecule has 1 amide bonds. The monoisotopic (exact) mass is 363 g/mol. The molecule has 0 saturated carbocycles. The summed E-state index contributed by atoms with van der Waals surface area (Å²) in [6.07, 6.45) is 0. The zero-order valence-corrected chi connectivity index (χ0v) is 13.8. The fourth-order valence-electron chi connectivity index (χ4n) is 2.00. The van der Waals surface area contributed by atoms with Crippen molar-refractivity contribution in [3.8, 4) is 5.75 Å². The van der Waals surface area contributed by atoms with E-state index in [1.807, 2.05) is 0 Å². The van der Waals surface area contributed by atoms with E-state index in [0.29, 0.717) is 5.75 Å². The molecule has 0 unspecified atom stereocenters. The minimum absolute atomic E-state index is 0.273. The van der Waals surface area contributed by atoms with Crippen molar-refractivity contribution in [3.05, 3.63) is 65.2 Å². The van der Waals surface area contributed by atoms with Crippen LogP contribution in [0.4, 0.5) is 8.78 Å². The molecule has 0 aliphatic carbocycles. The number of carbonyl (C=O) groups excluding carboxylic acids is 3. The van der Waals surface area contributed by atoms with Gasteiger partial charge in [-0.15, -0.1) is 0 Å². The first kappa shape index (κ1) is 19.0. The molecule has 0 aliphatic rings. The molecule has 2 aromatic rings. The highest BCUT2D eigenvalue weighted by atomic mass is 19.1. The summed E-state index contributed by atoms with van der Waals surface area (Å²) in [4.78, 5) is 35.3. The predicted molar refractivity (Wildman–Crippen MR) is 87.0 cm³/mol. The molecule has 0 radical (unpaired) electrons. The van der Waals surface area contributed by atoms with Gasteiger partial charge < -0.3 is 14.8 Å². The zero-order valence-electron chi connectivity index (χ0n) is 13.8. The fourth-order valence-corrected chi connectivity index (χ4v) is 2.00. The third-order valence-electron chi connectivity index (χ3n) is 3.32. The molecule has 2 rings (SSSR count). The molecule has 0 bridgehead atoms. The van der Waals surface area contributed by atoms with Crippen molar-refractivity contribution in [2.24, 2.45) is 0 Å². The molecular weight excluding hydrogens is 348 g/mol. The van der Waals surface area contributed by atoms with Gasteiger partial charge in [0, 0.05) is 5.56 Å². The lowest BCUT2D eigenvalue weighted by Gasteiger charge is -2.07. The van der Waals surface area contributed by atoms with Crippen LogP contribution in [0.5, 0.6) is 5.75 Å². The molecule has 0 heterocycles. The van der Waals surface area contributed by atoms with Crippen molar-refractivity contribution < 1.29 is 32.6 Å². The van der Waals surface area contributed by atoms with E-state index in [4.69, 9.17) is 4.74 Å². The highest BCUT2D eigenvalue weighted by Gasteiger charge is 2.16. The Morgan fingerprint density at radius 2 is 1.85 bits per heavy atom. The van der Waals surface area contributed by atoms with Gasteiger partial charge >= 0.3 is 5.97 Å². The van der Waals surface area contributed by atoms with E-state index < -0.39 is 48.0 Å². The Hall–Kier alpha value is -3.29. The lowest BCUT2D eigenvalue weighted by atomic mass is 10.1. The smallest absolute Gasteiger partial charge is 0.325 e. The fraction of sp³-hybridized carbons (Fsp3) is 0.167. The molecule has 0 saturated heterocycles. The summed E-state index contributed by atoms with van der Waals surface area (Å²) in [5.74, 6) is -3.56. The standard InChI is InChI=1S/C18H15F2NO5/c1-25-13-4-2-3-11(7-13)18(24)21-9-17(23)26-10-16(22)14-8-12(19)5-6-15(14)20/h2-8H,9-10H2,1H3,(H,21,24). The maximum atomic E-state index is 13.5. The molecule has 0 aliphatic heterocycles. The maximum absolute atomic E-state index is 13.5. The van der Waals surface area contributed by atoms with Crippen molar-refractivity contribution in [1.29, 1.82) is 0 Å². The average molecular weight is 363 g/mol. The van der Waals surface area contributed by atoms with E-state index in [0.717, 1.165) is 18.2 Å². The number of hydrogen-bond donors (Lipinski definition) is 1. The van der Waals surface area contributed by atoms with Crippen LogP contribution < -0.4 is 10.1 Å². The molecule has 136 valence electrons. The van der Waals surface area contributed by atoms with Crippen LogP contribution in [-0.4, -0.2) is 37.9 Å². The van der Waals surface area contributed by atoms with Gasteiger partial charge in [-0.2, -0.15) is 0 Å². The lowest BCUT2D eigenvalue weighted by molar-refractivity contribution is -0.141. The number of methoxy groups -OCH3 is 1. The third kappa shape index (κ3) is 5.10. The van der Waals surface area contributed by atoms with Crippen molar-refractivity contribution in [3.63, 3.8) is 0 Å². The Morgan fingerprint density at radius 1 is 1.08 bits per heavy atom. The van der Waals surface area contributed by atoms with Crippen LogP contribution >= 0.6 is 0 Å². The number of carbonyl (C=O) groups is 3. The summed E-state index contributed by atoms with van der Waals surface area (Å²) >= 11 is 0. The molecule has 26 heavy (non-hydrogen) atoms. The van der Waals surface area contributed by atoms with Crippen molar-refractivity contribution in [2.75, 3.05) is 20.3 Å². The highest BCUT2D eigenvalue weighted by molar-refractivity contribution is 5.99. The maximum Gasteiger partial charge on any atom is 0.325 e. The second-order valence-electron chi connectivity index (χ2n) is 5.12. The van der Waals surface area contributed by atoms with Crippen LogP contribution in [-0.2, 0) is 9.53 Å². The molecule has 2 aromatic carbocycles. The van der Waals surface area contributed by atoms with Crippen LogP contribution in [0.3, 0.4) is 0 Å². The third-order valence-corrected chi connectivity index (χ3v) is 3.32. The molecule has 0 aromatic heterocycles.